The van der Waals surface area contributed by atoms with Crippen LogP contribution in [0, 0.1) is 0 Å². The first kappa shape index (κ1) is 24.3. The number of aryl methyl sites for hydroxylation is 2. The first-order valence-corrected chi connectivity index (χ1v) is 11.5. The molecule has 0 saturated carbocycles. The molecule has 0 unspecified atom stereocenters. The Labute approximate surface area is 199 Å². The van der Waals surface area contributed by atoms with Gasteiger partial charge in [-0.1, -0.05) is 54.1 Å². The monoisotopic (exact) mass is 464 g/mol. The predicted molar refractivity (Wildman–Crippen MR) is 133 cm³/mol. The van der Waals surface area contributed by atoms with Gasteiger partial charge in [0.05, 0.1) is 17.2 Å². The molecule has 3 aromatic carbocycles. The number of hydrogen-bond donors (Lipinski definition) is 2. The lowest BCUT2D eigenvalue weighted by Gasteiger charge is -2.09. The molecule has 0 aliphatic heterocycles. The molecule has 0 aliphatic rings. The van der Waals surface area contributed by atoms with Crippen molar-refractivity contribution >= 4 is 29.1 Å². The van der Waals surface area contributed by atoms with E-state index in [1.54, 1.807) is 12.1 Å². The van der Waals surface area contributed by atoms with Crippen LogP contribution in [0.1, 0.15) is 47.2 Å². The molecule has 2 amide bonds. The van der Waals surface area contributed by atoms with Gasteiger partial charge in [0.1, 0.15) is 5.75 Å². The first-order chi connectivity index (χ1) is 16.0. The number of hydrogen-bond acceptors (Lipinski definition) is 3. The molecule has 172 valence electrons. The normalized spacial score (nSPS) is 10.6. The Morgan fingerprint density at radius 2 is 1.58 bits per heavy atom. The summed E-state index contributed by atoms with van der Waals surface area (Å²) in [6.45, 7) is 0.699. The second-order valence-electron chi connectivity index (χ2n) is 7.90. The maximum Gasteiger partial charge on any atom is 0.250 e. The second-order valence-corrected chi connectivity index (χ2v) is 8.30. The third-order valence-corrected chi connectivity index (χ3v) is 5.63. The summed E-state index contributed by atoms with van der Waals surface area (Å²) in [5.41, 5.74) is 8.39. The van der Waals surface area contributed by atoms with Crippen LogP contribution in [0.25, 0.3) is 0 Å². The first-order valence-electron chi connectivity index (χ1n) is 11.2. The topological polar surface area (TPSA) is 81.4 Å². The number of carbonyl (C=O) groups is 2. The van der Waals surface area contributed by atoms with E-state index in [2.05, 4.69) is 29.6 Å². The highest BCUT2D eigenvalue weighted by Crippen LogP contribution is 2.21. The fourth-order valence-electron chi connectivity index (χ4n) is 3.47. The van der Waals surface area contributed by atoms with Crippen LogP contribution in [0.5, 0.6) is 5.75 Å². The Morgan fingerprint density at radius 3 is 2.30 bits per heavy atom. The molecule has 33 heavy (non-hydrogen) atoms. The van der Waals surface area contributed by atoms with Gasteiger partial charge in [-0.25, -0.2) is 0 Å². The van der Waals surface area contributed by atoms with Crippen LogP contribution >= 0.6 is 11.6 Å². The van der Waals surface area contributed by atoms with Crippen molar-refractivity contribution in [3.8, 4) is 5.75 Å². The average molecular weight is 465 g/mol. The molecular weight excluding hydrogens is 436 g/mol. The molecule has 0 radical (unpaired) electrons. The van der Waals surface area contributed by atoms with Gasteiger partial charge in [-0.2, -0.15) is 0 Å². The molecule has 3 rings (SSSR count). The fraction of sp³-hybridized carbons (Fsp3) is 0.259. The van der Waals surface area contributed by atoms with E-state index in [4.69, 9.17) is 22.1 Å². The molecule has 0 aliphatic carbocycles. The Morgan fingerprint density at radius 1 is 0.848 bits per heavy atom. The second kappa shape index (κ2) is 12.7. The Bertz CT molecular complexity index is 1050. The highest BCUT2D eigenvalue weighted by atomic mass is 35.5. The van der Waals surface area contributed by atoms with E-state index < -0.39 is 5.91 Å². The number of halogens is 1. The zero-order valence-corrected chi connectivity index (χ0v) is 19.3. The third-order valence-electron chi connectivity index (χ3n) is 5.30. The van der Waals surface area contributed by atoms with Gasteiger partial charge in [-0.05, 0) is 73.6 Å². The Hall–Kier alpha value is -3.31. The zero-order chi connectivity index (χ0) is 23.5. The number of carbonyl (C=O) groups excluding carboxylic acids is 2. The van der Waals surface area contributed by atoms with Gasteiger partial charge in [-0.3, -0.25) is 9.59 Å². The van der Waals surface area contributed by atoms with Crippen molar-refractivity contribution in [1.82, 2.24) is 0 Å². The number of nitrogens with one attached hydrogen (secondary N) is 1. The lowest BCUT2D eigenvalue weighted by molar-refractivity contribution is -0.116. The van der Waals surface area contributed by atoms with Gasteiger partial charge in [0.15, 0.2) is 0 Å². The molecule has 0 fully saturated rings. The number of rotatable bonds is 12. The van der Waals surface area contributed by atoms with Gasteiger partial charge in [-0.15, -0.1) is 0 Å². The van der Waals surface area contributed by atoms with E-state index in [9.17, 15) is 9.59 Å². The third kappa shape index (κ3) is 8.28. The van der Waals surface area contributed by atoms with Crippen LogP contribution in [0.15, 0.2) is 72.8 Å². The summed E-state index contributed by atoms with van der Waals surface area (Å²) in [7, 11) is 0. The quantitative estimate of drug-likeness (QED) is 0.332. The highest BCUT2D eigenvalue weighted by Gasteiger charge is 2.10. The number of primary amides is 1. The number of unbranched alkanes of at least 4 members (excludes halogenated alkanes) is 2. The van der Waals surface area contributed by atoms with Gasteiger partial charge in [0.25, 0.3) is 0 Å². The molecule has 6 heteroatoms. The van der Waals surface area contributed by atoms with Gasteiger partial charge >= 0.3 is 0 Å². The van der Waals surface area contributed by atoms with Crippen LogP contribution in [0.4, 0.5) is 5.69 Å². The molecule has 3 N–H and O–H groups in total. The molecule has 0 atom stereocenters. The van der Waals surface area contributed by atoms with Crippen molar-refractivity contribution in [1.29, 1.82) is 0 Å². The Kier molecular flexibility index (Phi) is 9.33. The van der Waals surface area contributed by atoms with Crippen LogP contribution < -0.4 is 15.8 Å². The standard InChI is InChI=1S/C27H29ClN2O3/c28-25-16-13-22(19-24(25)27(29)32)30-26(31)17-12-21-10-14-23(15-11-21)33-18-6-2-5-9-20-7-3-1-4-8-20/h1,3-4,7-8,10-11,13-16,19H,2,5-6,9,12,17-18H2,(H2,29,32)(H,30,31). The number of anilines is 1. The van der Waals surface area contributed by atoms with Crippen LogP contribution in [-0.4, -0.2) is 18.4 Å². The molecule has 0 heterocycles. The smallest absolute Gasteiger partial charge is 0.250 e. The van der Waals surface area contributed by atoms with Gasteiger partial charge in [0, 0.05) is 12.1 Å². The zero-order valence-electron chi connectivity index (χ0n) is 18.6. The van der Waals surface area contributed by atoms with Crippen molar-refractivity contribution in [2.45, 2.75) is 38.5 Å². The summed E-state index contributed by atoms with van der Waals surface area (Å²) in [5, 5.41) is 3.03. The molecule has 0 spiro atoms. The number of nitrogens with two attached hydrogens (primary N) is 1. The maximum atomic E-state index is 12.3. The van der Waals surface area contributed by atoms with Crippen LogP contribution in [0.2, 0.25) is 5.02 Å². The van der Waals surface area contributed by atoms with E-state index in [0.717, 1.165) is 37.0 Å². The van der Waals surface area contributed by atoms with Crippen molar-refractivity contribution in [3.63, 3.8) is 0 Å². The van der Waals surface area contributed by atoms with Crippen LogP contribution in [0.3, 0.4) is 0 Å². The summed E-state index contributed by atoms with van der Waals surface area (Å²) in [4.78, 5) is 23.6. The summed E-state index contributed by atoms with van der Waals surface area (Å²) in [6, 6.07) is 23.0. The van der Waals surface area contributed by atoms with E-state index in [1.165, 1.54) is 11.6 Å². The predicted octanol–water partition coefficient (Wildman–Crippen LogP) is 5.80. The minimum atomic E-state index is -0.634. The molecule has 5 nitrogen and oxygen atoms in total. The molecule has 3 aromatic rings. The molecule has 0 saturated heterocycles. The number of benzene rings is 3. The van der Waals surface area contributed by atoms with E-state index in [0.29, 0.717) is 25.1 Å². The van der Waals surface area contributed by atoms with E-state index in [-0.39, 0.29) is 16.5 Å². The lowest BCUT2D eigenvalue weighted by Crippen LogP contribution is -2.15. The molecule has 0 aromatic heterocycles. The van der Waals surface area contributed by atoms with E-state index in [1.807, 2.05) is 30.3 Å². The van der Waals surface area contributed by atoms with Crippen molar-refractivity contribution < 1.29 is 14.3 Å². The minimum Gasteiger partial charge on any atom is -0.494 e. The fourth-order valence-corrected chi connectivity index (χ4v) is 3.68. The van der Waals surface area contributed by atoms with E-state index >= 15 is 0 Å². The van der Waals surface area contributed by atoms with Crippen molar-refractivity contribution in [3.05, 3.63) is 94.5 Å². The lowest BCUT2D eigenvalue weighted by atomic mass is 10.1. The summed E-state index contributed by atoms with van der Waals surface area (Å²) < 4.78 is 5.83. The highest BCUT2D eigenvalue weighted by molar-refractivity contribution is 6.34. The van der Waals surface area contributed by atoms with Crippen LogP contribution in [-0.2, 0) is 17.6 Å². The number of ether oxygens (including phenoxy) is 1. The summed E-state index contributed by atoms with van der Waals surface area (Å²) in [6.07, 6.45) is 5.34. The SMILES string of the molecule is NC(=O)c1cc(NC(=O)CCc2ccc(OCCCCCc3ccccc3)cc2)ccc1Cl. The van der Waals surface area contributed by atoms with Crippen molar-refractivity contribution in [2.75, 3.05) is 11.9 Å². The van der Waals surface area contributed by atoms with Gasteiger partial charge in [0.2, 0.25) is 11.8 Å². The van der Waals surface area contributed by atoms with Gasteiger partial charge < -0.3 is 15.8 Å². The average Bonchev–Trinajstić information content (AvgIpc) is 2.82. The largest absolute Gasteiger partial charge is 0.494 e. The maximum absolute atomic E-state index is 12.3. The minimum absolute atomic E-state index is 0.149. The number of amides is 2. The molecular formula is C27H29ClN2O3. The summed E-state index contributed by atoms with van der Waals surface area (Å²) in [5.74, 6) is 0.0561. The molecule has 0 bridgehead atoms. The summed E-state index contributed by atoms with van der Waals surface area (Å²) >= 11 is 5.94. The van der Waals surface area contributed by atoms with Crippen molar-refractivity contribution in [2.24, 2.45) is 5.73 Å². The Balaban J connectivity index is 1.34.